The van der Waals surface area contributed by atoms with Gasteiger partial charge in [0.05, 0.1) is 10.4 Å². The van der Waals surface area contributed by atoms with Gasteiger partial charge in [-0.15, -0.1) is 11.3 Å². The highest BCUT2D eigenvalue weighted by Crippen LogP contribution is 2.15. The molecule has 1 saturated heterocycles. The third kappa shape index (κ3) is 2.85. The summed E-state index contributed by atoms with van der Waals surface area (Å²) < 4.78 is 1.86. The van der Waals surface area contributed by atoms with Crippen molar-refractivity contribution in [2.75, 3.05) is 26.2 Å². The van der Waals surface area contributed by atoms with Crippen LogP contribution < -0.4 is 0 Å². The van der Waals surface area contributed by atoms with Gasteiger partial charge in [0.25, 0.3) is 11.8 Å². The summed E-state index contributed by atoms with van der Waals surface area (Å²) in [6, 6.07) is 5.55. The molecule has 0 atom stereocenters. The van der Waals surface area contributed by atoms with Gasteiger partial charge in [-0.25, -0.2) is 0 Å². The smallest absolute Gasteiger partial charge is 0.264 e. The molecule has 3 rings (SSSR count). The maximum Gasteiger partial charge on any atom is 0.264 e. The molecular formula is C15H17N3O2S. The van der Waals surface area contributed by atoms with E-state index < -0.39 is 0 Å². The van der Waals surface area contributed by atoms with Crippen molar-refractivity contribution in [2.45, 2.75) is 0 Å². The molecule has 0 radical (unpaired) electrons. The minimum Gasteiger partial charge on any atom is -0.356 e. The summed E-state index contributed by atoms with van der Waals surface area (Å²) in [7, 11) is 1.90. The Balaban J connectivity index is 1.60. The van der Waals surface area contributed by atoms with Crippen LogP contribution in [-0.4, -0.2) is 52.4 Å². The molecule has 3 heterocycles. The molecule has 0 N–H and O–H groups in total. The number of thiophene rings is 1. The first-order valence-electron chi connectivity index (χ1n) is 6.89. The number of carbonyl (C=O) groups is 2. The van der Waals surface area contributed by atoms with Crippen LogP contribution in [0.1, 0.15) is 20.0 Å². The van der Waals surface area contributed by atoms with Crippen LogP contribution >= 0.6 is 11.3 Å². The topological polar surface area (TPSA) is 45.6 Å². The predicted molar refractivity (Wildman–Crippen MR) is 81.5 cm³/mol. The number of rotatable bonds is 2. The van der Waals surface area contributed by atoms with E-state index in [1.54, 1.807) is 0 Å². The van der Waals surface area contributed by atoms with E-state index in [9.17, 15) is 9.59 Å². The van der Waals surface area contributed by atoms with Crippen LogP contribution in [0.4, 0.5) is 0 Å². The van der Waals surface area contributed by atoms with Crippen molar-refractivity contribution in [3.05, 3.63) is 46.4 Å². The Morgan fingerprint density at radius 2 is 1.71 bits per heavy atom. The lowest BCUT2D eigenvalue weighted by Gasteiger charge is -2.34. The molecule has 5 nitrogen and oxygen atoms in total. The maximum atomic E-state index is 12.3. The lowest BCUT2D eigenvalue weighted by Crippen LogP contribution is -2.50. The molecule has 1 aliphatic heterocycles. The number of amides is 2. The maximum absolute atomic E-state index is 12.3. The SMILES string of the molecule is Cn1ccc(C(=O)N2CCN(C(=O)c3cccs3)CC2)c1. The monoisotopic (exact) mass is 303 g/mol. The van der Waals surface area contributed by atoms with E-state index in [1.165, 1.54) is 11.3 Å². The molecule has 0 saturated carbocycles. The molecule has 0 unspecified atom stereocenters. The van der Waals surface area contributed by atoms with E-state index in [4.69, 9.17) is 0 Å². The van der Waals surface area contributed by atoms with E-state index >= 15 is 0 Å². The second-order valence-corrected chi connectivity index (χ2v) is 6.08. The Bertz CT molecular complexity index is 640. The number of aromatic nitrogens is 1. The number of hydrogen-bond acceptors (Lipinski definition) is 3. The molecule has 0 aromatic carbocycles. The van der Waals surface area contributed by atoms with Crippen LogP contribution in [0.3, 0.4) is 0 Å². The van der Waals surface area contributed by atoms with E-state index in [2.05, 4.69) is 0 Å². The molecular weight excluding hydrogens is 286 g/mol. The lowest BCUT2D eigenvalue weighted by atomic mass is 10.2. The van der Waals surface area contributed by atoms with Gasteiger partial charge in [0.1, 0.15) is 0 Å². The molecule has 2 aromatic heterocycles. The molecule has 110 valence electrons. The lowest BCUT2D eigenvalue weighted by molar-refractivity contribution is 0.0538. The van der Waals surface area contributed by atoms with Gasteiger partial charge in [-0.3, -0.25) is 9.59 Å². The quantitative estimate of drug-likeness (QED) is 0.847. The second kappa shape index (κ2) is 5.73. The highest BCUT2D eigenvalue weighted by atomic mass is 32.1. The Labute approximate surface area is 127 Å². The summed E-state index contributed by atoms with van der Waals surface area (Å²) in [6.45, 7) is 2.36. The van der Waals surface area contributed by atoms with Gasteiger partial charge in [0.15, 0.2) is 0 Å². The van der Waals surface area contributed by atoms with Gasteiger partial charge in [-0.1, -0.05) is 6.07 Å². The summed E-state index contributed by atoms with van der Waals surface area (Å²) in [5.74, 6) is 0.107. The van der Waals surface area contributed by atoms with Gasteiger partial charge in [0.2, 0.25) is 0 Å². The first kappa shape index (κ1) is 13.9. The predicted octanol–water partition coefficient (Wildman–Crippen LogP) is 1.68. The van der Waals surface area contributed by atoms with Crippen LogP contribution in [0.2, 0.25) is 0 Å². The van der Waals surface area contributed by atoms with Crippen molar-refractivity contribution in [1.82, 2.24) is 14.4 Å². The largest absolute Gasteiger partial charge is 0.356 e. The molecule has 2 aromatic rings. The summed E-state index contributed by atoms with van der Waals surface area (Å²) in [4.78, 5) is 29.0. The molecule has 1 aliphatic rings. The molecule has 0 spiro atoms. The zero-order valence-corrected chi connectivity index (χ0v) is 12.7. The summed E-state index contributed by atoms with van der Waals surface area (Å²) in [5, 5.41) is 1.91. The minimum absolute atomic E-state index is 0.0406. The number of piperazine rings is 1. The van der Waals surface area contributed by atoms with Crippen LogP contribution in [0.5, 0.6) is 0 Å². The average molecular weight is 303 g/mol. The zero-order chi connectivity index (χ0) is 14.8. The van der Waals surface area contributed by atoms with Crippen molar-refractivity contribution in [3.63, 3.8) is 0 Å². The van der Waals surface area contributed by atoms with Crippen molar-refractivity contribution in [2.24, 2.45) is 7.05 Å². The van der Waals surface area contributed by atoms with Gasteiger partial charge in [-0.05, 0) is 17.5 Å². The van der Waals surface area contributed by atoms with E-state index in [1.807, 2.05) is 57.4 Å². The molecule has 21 heavy (non-hydrogen) atoms. The standard InChI is InChI=1S/C15H17N3O2S/c1-16-5-4-12(11-16)14(19)17-6-8-18(9-7-17)15(20)13-3-2-10-21-13/h2-5,10-11H,6-9H2,1H3. The number of carbonyl (C=O) groups excluding carboxylic acids is 2. The fourth-order valence-electron chi connectivity index (χ4n) is 2.48. The van der Waals surface area contributed by atoms with Crippen molar-refractivity contribution < 1.29 is 9.59 Å². The molecule has 2 amide bonds. The van der Waals surface area contributed by atoms with Crippen LogP contribution in [0.25, 0.3) is 0 Å². The van der Waals surface area contributed by atoms with Gasteiger partial charge in [-0.2, -0.15) is 0 Å². The number of nitrogens with zero attached hydrogens (tertiary/aromatic N) is 3. The third-order valence-electron chi connectivity index (χ3n) is 3.66. The Hall–Kier alpha value is -2.08. The molecule has 1 fully saturated rings. The van der Waals surface area contributed by atoms with E-state index in [0.717, 1.165) is 4.88 Å². The van der Waals surface area contributed by atoms with Crippen LogP contribution in [0, 0.1) is 0 Å². The number of aryl methyl sites for hydroxylation is 1. The molecule has 0 bridgehead atoms. The summed E-state index contributed by atoms with van der Waals surface area (Å²) in [5.41, 5.74) is 0.704. The Morgan fingerprint density at radius 3 is 2.24 bits per heavy atom. The number of hydrogen-bond donors (Lipinski definition) is 0. The second-order valence-electron chi connectivity index (χ2n) is 5.13. The third-order valence-corrected chi connectivity index (χ3v) is 4.52. The average Bonchev–Trinajstić information content (AvgIpc) is 3.17. The van der Waals surface area contributed by atoms with Crippen LogP contribution in [-0.2, 0) is 7.05 Å². The van der Waals surface area contributed by atoms with Gasteiger partial charge >= 0.3 is 0 Å². The molecule has 6 heteroatoms. The zero-order valence-electron chi connectivity index (χ0n) is 11.9. The Kier molecular flexibility index (Phi) is 3.79. The molecule has 0 aliphatic carbocycles. The van der Waals surface area contributed by atoms with Gasteiger partial charge < -0.3 is 14.4 Å². The minimum atomic E-state index is 0.0406. The highest BCUT2D eigenvalue weighted by molar-refractivity contribution is 7.12. The summed E-state index contributed by atoms with van der Waals surface area (Å²) >= 11 is 1.46. The fraction of sp³-hybridized carbons (Fsp3) is 0.333. The van der Waals surface area contributed by atoms with Crippen molar-refractivity contribution in [3.8, 4) is 0 Å². The highest BCUT2D eigenvalue weighted by Gasteiger charge is 2.26. The van der Waals surface area contributed by atoms with Crippen molar-refractivity contribution in [1.29, 1.82) is 0 Å². The van der Waals surface area contributed by atoms with Crippen molar-refractivity contribution >= 4 is 23.2 Å². The fourth-order valence-corrected chi connectivity index (χ4v) is 3.17. The van der Waals surface area contributed by atoms with E-state index in [0.29, 0.717) is 31.7 Å². The summed E-state index contributed by atoms with van der Waals surface area (Å²) in [6.07, 6.45) is 3.69. The Morgan fingerprint density at radius 1 is 1.05 bits per heavy atom. The van der Waals surface area contributed by atoms with E-state index in [-0.39, 0.29) is 11.8 Å². The first-order chi connectivity index (χ1) is 10.1. The van der Waals surface area contributed by atoms with Gasteiger partial charge in [0, 0.05) is 45.6 Å². The van der Waals surface area contributed by atoms with Crippen LogP contribution in [0.15, 0.2) is 36.0 Å². The normalized spacial score (nSPS) is 15.3. The first-order valence-corrected chi connectivity index (χ1v) is 7.77.